The lowest BCUT2D eigenvalue weighted by molar-refractivity contribution is 0.0691. The maximum absolute atomic E-state index is 11.0. The number of nitrogens with zero attached hydrogens (tertiary/aromatic N) is 1. The molecule has 0 saturated heterocycles. The van der Waals surface area contributed by atoms with E-state index in [9.17, 15) is 4.79 Å². The van der Waals surface area contributed by atoms with Gasteiger partial charge in [0.2, 0.25) is 0 Å². The molecule has 27 heavy (non-hydrogen) atoms. The zero-order valence-corrected chi connectivity index (χ0v) is 16.0. The Morgan fingerprint density at radius 3 is 2.63 bits per heavy atom. The Hall–Kier alpha value is -2.86. The fourth-order valence-electron chi connectivity index (χ4n) is 2.62. The van der Waals surface area contributed by atoms with Gasteiger partial charge in [-0.05, 0) is 29.7 Å². The van der Waals surface area contributed by atoms with Gasteiger partial charge in [0.1, 0.15) is 29.7 Å². The van der Waals surface area contributed by atoms with Gasteiger partial charge in [0.15, 0.2) is 5.69 Å². The van der Waals surface area contributed by atoms with E-state index in [1.807, 2.05) is 42.5 Å². The summed E-state index contributed by atoms with van der Waals surface area (Å²) >= 11 is 1.30. The molecule has 0 aliphatic carbocycles. The fraction of sp³-hybridized carbons (Fsp3) is 0.238. The van der Waals surface area contributed by atoms with E-state index >= 15 is 0 Å². The third kappa shape index (κ3) is 4.86. The van der Waals surface area contributed by atoms with Crippen LogP contribution in [-0.4, -0.2) is 29.3 Å². The maximum Gasteiger partial charge on any atom is 0.355 e. The highest BCUT2D eigenvalue weighted by Gasteiger charge is 2.11. The summed E-state index contributed by atoms with van der Waals surface area (Å²) in [6, 6.07) is 15.5. The van der Waals surface area contributed by atoms with Crippen molar-refractivity contribution in [1.29, 1.82) is 0 Å². The molecular weight excluding hydrogens is 362 g/mol. The third-order valence-corrected chi connectivity index (χ3v) is 4.85. The number of ether oxygens (including phenoxy) is 2. The Labute approximate surface area is 162 Å². The summed E-state index contributed by atoms with van der Waals surface area (Å²) < 4.78 is 11.6. The minimum absolute atomic E-state index is 0.0542. The van der Waals surface area contributed by atoms with Crippen LogP contribution in [0.3, 0.4) is 0 Å². The molecular formula is C21H21NO4S. The number of para-hydroxylation sites is 1. The Kier molecular flexibility index (Phi) is 6.08. The minimum Gasteiger partial charge on any atom is -0.490 e. The van der Waals surface area contributed by atoms with Crippen molar-refractivity contribution in [2.75, 3.05) is 13.2 Å². The van der Waals surface area contributed by atoms with Crippen LogP contribution in [0.2, 0.25) is 0 Å². The van der Waals surface area contributed by atoms with Gasteiger partial charge in [0.25, 0.3) is 0 Å². The Balaban J connectivity index is 1.58. The molecule has 0 bridgehead atoms. The largest absolute Gasteiger partial charge is 0.490 e. The number of hydrogen-bond acceptors (Lipinski definition) is 5. The molecule has 3 rings (SSSR count). The standard InChI is InChI=1S/C21H21NO4S/c1-14(2)17-8-3-4-9-19(17)26-11-10-25-16-7-5-6-15(12-16)20-22-18(13-27-20)21(23)24/h3-9,12-14H,10-11H2,1-2H3,(H,23,24). The monoisotopic (exact) mass is 383 g/mol. The van der Waals surface area contributed by atoms with Gasteiger partial charge in [0.05, 0.1) is 0 Å². The van der Waals surface area contributed by atoms with Gasteiger partial charge >= 0.3 is 5.97 Å². The lowest BCUT2D eigenvalue weighted by atomic mass is 10.0. The van der Waals surface area contributed by atoms with Gasteiger partial charge in [0, 0.05) is 10.9 Å². The van der Waals surface area contributed by atoms with Gasteiger partial charge in [-0.15, -0.1) is 11.3 Å². The number of aromatic carboxylic acids is 1. The highest BCUT2D eigenvalue weighted by molar-refractivity contribution is 7.13. The molecule has 0 aliphatic rings. The molecule has 1 heterocycles. The van der Waals surface area contributed by atoms with E-state index < -0.39 is 5.97 Å². The van der Waals surface area contributed by atoms with E-state index in [1.54, 1.807) is 0 Å². The van der Waals surface area contributed by atoms with Crippen molar-refractivity contribution in [3.8, 4) is 22.1 Å². The van der Waals surface area contributed by atoms with Crippen molar-refractivity contribution in [3.05, 3.63) is 65.2 Å². The Morgan fingerprint density at radius 2 is 1.89 bits per heavy atom. The quantitative estimate of drug-likeness (QED) is 0.549. The second-order valence-corrected chi connectivity index (χ2v) is 7.12. The van der Waals surface area contributed by atoms with Crippen LogP contribution >= 0.6 is 11.3 Å². The van der Waals surface area contributed by atoms with Crippen LogP contribution in [0.25, 0.3) is 10.6 Å². The van der Waals surface area contributed by atoms with Crippen molar-refractivity contribution in [2.45, 2.75) is 19.8 Å². The number of benzene rings is 2. The second-order valence-electron chi connectivity index (χ2n) is 6.26. The lowest BCUT2D eigenvalue weighted by Gasteiger charge is -2.14. The SMILES string of the molecule is CC(C)c1ccccc1OCCOc1cccc(-c2nc(C(=O)O)cs2)c1. The highest BCUT2D eigenvalue weighted by atomic mass is 32.1. The average molecular weight is 383 g/mol. The predicted molar refractivity (Wildman–Crippen MR) is 106 cm³/mol. The van der Waals surface area contributed by atoms with Crippen molar-refractivity contribution >= 4 is 17.3 Å². The van der Waals surface area contributed by atoms with E-state index in [4.69, 9.17) is 14.6 Å². The molecule has 6 heteroatoms. The number of thiazole rings is 1. The zero-order chi connectivity index (χ0) is 19.2. The van der Waals surface area contributed by atoms with Crippen molar-refractivity contribution < 1.29 is 19.4 Å². The first-order valence-electron chi connectivity index (χ1n) is 8.68. The molecule has 3 aromatic rings. The molecule has 1 N–H and O–H groups in total. The van der Waals surface area contributed by atoms with E-state index in [0.29, 0.717) is 29.9 Å². The first-order valence-corrected chi connectivity index (χ1v) is 9.56. The van der Waals surface area contributed by atoms with Crippen molar-refractivity contribution in [1.82, 2.24) is 4.98 Å². The summed E-state index contributed by atoms with van der Waals surface area (Å²) in [6.07, 6.45) is 0. The van der Waals surface area contributed by atoms with Gasteiger partial charge in [-0.25, -0.2) is 9.78 Å². The van der Waals surface area contributed by atoms with Gasteiger partial charge in [-0.3, -0.25) is 0 Å². The summed E-state index contributed by atoms with van der Waals surface area (Å²) in [5, 5.41) is 11.2. The number of carboxylic acid groups (broad SMARTS) is 1. The van der Waals surface area contributed by atoms with Gasteiger partial charge < -0.3 is 14.6 Å². The number of rotatable bonds is 8. The number of aromatic nitrogens is 1. The van der Waals surface area contributed by atoms with Gasteiger partial charge in [-0.2, -0.15) is 0 Å². The van der Waals surface area contributed by atoms with Crippen LogP contribution in [0.4, 0.5) is 0 Å². The van der Waals surface area contributed by atoms with E-state index in [1.165, 1.54) is 22.3 Å². The minimum atomic E-state index is -1.02. The first-order chi connectivity index (χ1) is 13.0. The lowest BCUT2D eigenvalue weighted by Crippen LogP contribution is -2.10. The Bertz CT molecular complexity index is 920. The zero-order valence-electron chi connectivity index (χ0n) is 15.2. The van der Waals surface area contributed by atoms with Crippen LogP contribution in [-0.2, 0) is 0 Å². The predicted octanol–water partition coefficient (Wildman–Crippen LogP) is 5.09. The van der Waals surface area contributed by atoms with E-state index in [2.05, 4.69) is 24.9 Å². The molecule has 0 atom stereocenters. The Morgan fingerprint density at radius 1 is 1.11 bits per heavy atom. The molecule has 0 aliphatic heterocycles. The summed E-state index contributed by atoms with van der Waals surface area (Å²) in [5.74, 6) is 0.950. The summed E-state index contributed by atoms with van der Waals surface area (Å²) in [7, 11) is 0. The molecule has 2 aromatic carbocycles. The van der Waals surface area contributed by atoms with Gasteiger partial charge in [-0.1, -0.05) is 44.2 Å². The van der Waals surface area contributed by atoms with Crippen molar-refractivity contribution in [3.63, 3.8) is 0 Å². The second kappa shape index (κ2) is 8.68. The highest BCUT2D eigenvalue weighted by Crippen LogP contribution is 2.28. The molecule has 5 nitrogen and oxygen atoms in total. The van der Waals surface area contributed by atoms with Crippen LogP contribution in [0, 0.1) is 0 Å². The first kappa shape index (κ1) is 18.9. The molecule has 1 aromatic heterocycles. The molecule has 0 amide bonds. The molecule has 140 valence electrons. The average Bonchev–Trinajstić information content (AvgIpc) is 3.16. The molecule has 0 spiro atoms. The van der Waals surface area contributed by atoms with E-state index in [0.717, 1.165) is 11.3 Å². The topological polar surface area (TPSA) is 68.7 Å². The van der Waals surface area contributed by atoms with Crippen LogP contribution in [0.5, 0.6) is 11.5 Å². The summed E-state index contributed by atoms with van der Waals surface area (Å²) in [6.45, 7) is 5.12. The van der Waals surface area contributed by atoms with Crippen LogP contribution in [0.15, 0.2) is 53.9 Å². The van der Waals surface area contributed by atoms with Crippen molar-refractivity contribution in [2.24, 2.45) is 0 Å². The van der Waals surface area contributed by atoms with Crippen LogP contribution in [0.1, 0.15) is 35.8 Å². The fourth-order valence-corrected chi connectivity index (χ4v) is 3.41. The smallest absolute Gasteiger partial charge is 0.355 e. The maximum atomic E-state index is 11.0. The summed E-state index contributed by atoms with van der Waals surface area (Å²) in [4.78, 5) is 15.1. The third-order valence-electron chi connectivity index (χ3n) is 3.95. The van der Waals surface area contributed by atoms with Crippen LogP contribution < -0.4 is 9.47 Å². The molecule has 0 unspecified atom stereocenters. The molecule has 0 radical (unpaired) electrons. The molecule has 0 fully saturated rings. The normalized spacial score (nSPS) is 10.8. The number of hydrogen-bond donors (Lipinski definition) is 1. The van der Waals surface area contributed by atoms with E-state index in [-0.39, 0.29) is 5.69 Å². The number of carbonyl (C=O) groups is 1. The molecule has 0 saturated carbocycles. The number of carboxylic acids is 1. The summed E-state index contributed by atoms with van der Waals surface area (Å²) in [5.41, 5.74) is 2.06.